The lowest BCUT2D eigenvalue weighted by Crippen LogP contribution is -2.47. The molecule has 2 aromatic rings. The Labute approximate surface area is 143 Å². The molecule has 0 saturated carbocycles. The Bertz CT molecular complexity index is 721. The van der Waals surface area contributed by atoms with Gasteiger partial charge in [0.2, 0.25) is 0 Å². The highest BCUT2D eigenvalue weighted by atomic mass is 35.5. The normalized spacial score (nSPS) is 15.1. The van der Waals surface area contributed by atoms with Crippen LogP contribution in [0.3, 0.4) is 0 Å². The molecule has 0 spiro atoms. The summed E-state index contributed by atoms with van der Waals surface area (Å²) in [6.45, 7) is 7.13. The molecule has 3 rings (SSSR count). The molecule has 2 N–H and O–H groups in total. The van der Waals surface area contributed by atoms with Crippen molar-refractivity contribution in [1.82, 2.24) is 15.2 Å². The molecule has 122 valence electrons. The quantitative estimate of drug-likeness (QED) is 0.903. The van der Waals surface area contributed by atoms with Gasteiger partial charge in [-0.1, -0.05) is 11.6 Å². The fourth-order valence-electron chi connectivity index (χ4n) is 2.48. The van der Waals surface area contributed by atoms with Gasteiger partial charge in [-0.05, 0) is 19.9 Å². The Morgan fingerprint density at radius 1 is 1.22 bits per heavy atom. The van der Waals surface area contributed by atoms with Gasteiger partial charge in [0.25, 0.3) is 5.91 Å². The number of halogens is 1. The van der Waals surface area contributed by atoms with Gasteiger partial charge in [0.05, 0.1) is 11.3 Å². The second-order valence-corrected chi connectivity index (χ2v) is 6.95. The predicted molar refractivity (Wildman–Crippen MR) is 91.6 cm³/mol. The summed E-state index contributed by atoms with van der Waals surface area (Å²) in [5, 5.41) is 9.08. The van der Waals surface area contributed by atoms with Crippen LogP contribution in [0.1, 0.15) is 20.9 Å². The number of nitrogens with two attached hydrogens (primary N) is 1. The highest BCUT2D eigenvalue weighted by molar-refractivity contribution is 7.15. The minimum Gasteiger partial charge on any atom is -0.365 e. The molecule has 0 radical (unpaired) electrons. The van der Waals surface area contributed by atoms with Crippen LogP contribution in [-0.4, -0.2) is 47.3 Å². The van der Waals surface area contributed by atoms with E-state index in [0.29, 0.717) is 24.5 Å². The van der Waals surface area contributed by atoms with Crippen LogP contribution >= 0.6 is 22.9 Å². The van der Waals surface area contributed by atoms with Crippen molar-refractivity contribution >= 4 is 39.8 Å². The smallest absolute Gasteiger partial charge is 0.252 e. The number of hydrogen-bond donors (Lipinski definition) is 1. The van der Waals surface area contributed by atoms with Crippen LogP contribution in [0.15, 0.2) is 6.07 Å². The Balaban J connectivity index is 1.75. The number of carbonyl (C=O) groups excluding carboxylic acids is 1. The fourth-order valence-corrected chi connectivity index (χ4v) is 3.59. The van der Waals surface area contributed by atoms with Crippen LogP contribution in [0.5, 0.6) is 0 Å². The van der Waals surface area contributed by atoms with Gasteiger partial charge in [0, 0.05) is 31.1 Å². The van der Waals surface area contributed by atoms with Gasteiger partial charge >= 0.3 is 0 Å². The van der Waals surface area contributed by atoms with Crippen molar-refractivity contribution in [1.29, 1.82) is 0 Å². The summed E-state index contributed by atoms with van der Waals surface area (Å²) >= 11 is 7.51. The summed E-state index contributed by atoms with van der Waals surface area (Å²) < 4.78 is 0. The van der Waals surface area contributed by atoms with Gasteiger partial charge < -0.3 is 15.5 Å². The zero-order valence-corrected chi connectivity index (χ0v) is 14.5. The topological polar surface area (TPSA) is 88.2 Å². The monoisotopic (exact) mass is 352 g/mol. The number of aromatic nitrogens is 3. The lowest BCUT2D eigenvalue weighted by molar-refractivity contribution is 0.1000. The third-order valence-corrected chi connectivity index (χ3v) is 5.20. The first-order valence-corrected chi connectivity index (χ1v) is 8.42. The minimum absolute atomic E-state index is 0.162. The van der Waals surface area contributed by atoms with Crippen LogP contribution in [-0.2, 0) is 0 Å². The second-order valence-electron chi connectivity index (χ2n) is 5.38. The maximum Gasteiger partial charge on any atom is 0.252 e. The van der Waals surface area contributed by atoms with Crippen molar-refractivity contribution in [2.75, 3.05) is 36.0 Å². The number of aryl methyl sites for hydroxylation is 2. The summed E-state index contributed by atoms with van der Waals surface area (Å²) in [5.41, 5.74) is 6.80. The van der Waals surface area contributed by atoms with Crippen LogP contribution in [0.25, 0.3) is 0 Å². The first-order chi connectivity index (χ1) is 11.0. The number of amides is 1. The number of carbonyl (C=O) groups is 1. The molecule has 1 amide bonds. The van der Waals surface area contributed by atoms with Gasteiger partial charge in [-0.15, -0.1) is 21.5 Å². The van der Waals surface area contributed by atoms with Crippen molar-refractivity contribution in [2.24, 2.45) is 5.73 Å². The Hall–Kier alpha value is -1.93. The van der Waals surface area contributed by atoms with Crippen LogP contribution in [0.4, 0.5) is 10.9 Å². The molecule has 3 heterocycles. The van der Waals surface area contributed by atoms with Crippen LogP contribution in [0.2, 0.25) is 5.15 Å². The lowest BCUT2D eigenvalue weighted by Gasteiger charge is -2.35. The molecule has 7 nitrogen and oxygen atoms in total. The molecular weight excluding hydrogens is 336 g/mol. The summed E-state index contributed by atoms with van der Waals surface area (Å²) in [7, 11) is 0. The minimum atomic E-state index is -0.551. The number of nitrogens with zero attached hydrogens (tertiary/aromatic N) is 5. The molecule has 1 saturated heterocycles. The molecule has 1 aliphatic heterocycles. The van der Waals surface area contributed by atoms with E-state index in [1.54, 1.807) is 11.3 Å². The lowest BCUT2D eigenvalue weighted by atomic mass is 10.2. The van der Waals surface area contributed by atoms with Crippen LogP contribution < -0.4 is 15.5 Å². The van der Waals surface area contributed by atoms with Crippen molar-refractivity contribution in [3.63, 3.8) is 0 Å². The van der Waals surface area contributed by atoms with Gasteiger partial charge in [0.1, 0.15) is 0 Å². The number of piperazine rings is 1. The van der Waals surface area contributed by atoms with E-state index >= 15 is 0 Å². The highest BCUT2D eigenvalue weighted by Gasteiger charge is 2.24. The maximum absolute atomic E-state index is 11.6. The predicted octanol–water partition coefficient (Wildman–Crippen LogP) is 1.63. The van der Waals surface area contributed by atoms with Crippen molar-refractivity contribution in [3.05, 3.63) is 27.4 Å². The van der Waals surface area contributed by atoms with E-state index in [2.05, 4.69) is 27.0 Å². The third-order valence-electron chi connectivity index (χ3n) is 3.88. The standard InChI is InChI=1S/C14H17ClN6OS/c1-8-9(2)23-14(17-8)21-5-3-20(4-6-21)13-10(12(16)22)7-11(15)18-19-13/h7H,3-6H2,1-2H3,(H2,16,22). The molecule has 2 aromatic heterocycles. The number of hydrogen-bond acceptors (Lipinski definition) is 7. The first-order valence-electron chi connectivity index (χ1n) is 7.22. The van der Waals surface area contributed by atoms with Gasteiger partial charge in [-0.2, -0.15) is 0 Å². The molecule has 0 bridgehead atoms. The van der Waals surface area contributed by atoms with Gasteiger partial charge in [-0.3, -0.25) is 4.79 Å². The van der Waals surface area contributed by atoms with E-state index in [-0.39, 0.29) is 5.15 Å². The van der Waals surface area contributed by atoms with Crippen LogP contribution in [0, 0.1) is 13.8 Å². The molecule has 0 atom stereocenters. The average Bonchev–Trinajstić information content (AvgIpc) is 2.87. The van der Waals surface area contributed by atoms with Gasteiger partial charge in [0.15, 0.2) is 16.1 Å². The summed E-state index contributed by atoms with van der Waals surface area (Å²) in [5.74, 6) is -0.0570. The Morgan fingerprint density at radius 3 is 2.43 bits per heavy atom. The Kier molecular flexibility index (Phi) is 4.36. The van der Waals surface area contributed by atoms with E-state index in [0.717, 1.165) is 23.9 Å². The number of rotatable bonds is 3. The zero-order chi connectivity index (χ0) is 16.6. The molecule has 1 fully saturated rings. The maximum atomic E-state index is 11.6. The molecular formula is C14H17ClN6OS. The van der Waals surface area contributed by atoms with E-state index < -0.39 is 5.91 Å². The number of primary amides is 1. The number of thiazole rings is 1. The largest absolute Gasteiger partial charge is 0.365 e. The first kappa shape index (κ1) is 15.9. The molecule has 0 aliphatic carbocycles. The summed E-state index contributed by atoms with van der Waals surface area (Å²) in [4.78, 5) is 21.7. The highest BCUT2D eigenvalue weighted by Crippen LogP contribution is 2.27. The molecule has 0 aromatic carbocycles. The number of anilines is 2. The van der Waals surface area contributed by atoms with Crippen molar-refractivity contribution in [2.45, 2.75) is 13.8 Å². The third kappa shape index (κ3) is 3.23. The molecule has 0 unspecified atom stereocenters. The van der Waals surface area contributed by atoms with E-state index in [9.17, 15) is 4.79 Å². The van der Waals surface area contributed by atoms with E-state index in [4.69, 9.17) is 17.3 Å². The van der Waals surface area contributed by atoms with Crippen molar-refractivity contribution in [3.8, 4) is 0 Å². The molecule has 1 aliphatic rings. The zero-order valence-electron chi connectivity index (χ0n) is 12.9. The Morgan fingerprint density at radius 2 is 1.87 bits per heavy atom. The second kappa shape index (κ2) is 6.29. The fraction of sp³-hybridized carbons (Fsp3) is 0.429. The summed E-state index contributed by atoms with van der Waals surface area (Å²) in [6, 6.07) is 1.46. The van der Waals surface area contributed by atoms with Gasteiger partial charge in [-0.25, -0.2) is 4.98 Å². The molecule has 9 heteroatoms. The van der Waals surface area contributed by atoms with E-state index in [1.807, 2.05) is 11.8 Å². The summed E-state index contributed by atoms with van der Waals surface area (Å²) in [6.07, 6.45) is 0. The van der Waals surface area contributed by atoms with E-state index in [1.165, 1.54) is 10.9 Å². The molecule has 23 heavy (non-hydrogen) atoms. The SMILES string of the molecule is Cc1nc(N2CCN(c3nnc(Cl)cc3C(N)=O)CC2)sc1C. The average molecular weight is 353 g/mol. The van der Waals surface area contributed by atoms with Crippen molar-refractivity contribution < 1.29 is 4.79 Å².